The van der Waals surface area contributed by atoms with E-state index < -0.39 is 36.7 Å². The fraction of sp³-hybridized carbons (Fsp3) is 0.455. The Hall–Kier alpha value is -1.59. The van der Waals surface area contributed by atoms with Crippen molar-refractivity contribution in [2.45, 2.75) is 29.4 Å². The average molecular weight is 314 g/mol. The van der Waals surface area contributed by atoms with E-state index in [4.69, 9.17) is 15.6 Å². The van der Waals surface area contributed by atoms with Crippen LogP contribution in [0.25, 0.3) is 0 Å². The Kier molecular flexibility index (Phi) is 3.42. The molecule has 0 unspecified atom stereocenters. The number of nitrogens with zero attached hydrogens (tertiary/aromatic N) is 2. The van der Waals surface area contributed by atoms with Gasteiger partial charge in [-0.15, -0.1) is 0 Å². The lowest BCUT2D eigenvalue weighted by atomic mass is 10.1. The zero-order chi connectivity index (χ0) is 15.3. The highest BCUT2D eigenvalue weighted by molar-refractivity contribution is 8.03. The summed E-state index contributed by atoms with van der Waals surface area (Å²) in [6.45, 7) is 3.35. The normalized spacial score (nSPS) is 31.8. The number of nitrogen functional groups attached to an aromatic ring is 1. The summed E-state index contributed by atoms with van der Waals surface area (Å²) in [5.41, 5.74) is 5.11. The van der Waals surface area contributed by atoms with Crippen LogP contribution in [-0.4, -0.2) is 56.4 Å². The third-order valence-corrected chi connectivity index (χ3v) is 4.37. The van der Waals surface area contributed by atoms with E-state index in [9.17, 15) is 15.0 Å². The van der Waals surface area contributed by atoms with Gasteiger partial charge < -0.3 is 25.8 Å². The van der Waals surface area contributed by atoms with E-state index in [1.165, 1.54) is 4.90 Å². The third kappa shape index (κ3) is 2.12. The van der Waals surface area contributed by atoms with E-state index in [0.717, 1.165) is 11.8 Å². The fourth-order valence-corrected chi connectivity index (χ4v) is 3.27. The first-order valence-corrected chi connectivity index (χ1v) is 6.94. The van der Waals surface area contributed by atoms with Gasteiger partial charge in [-0.1, -0.05) is 18.3 Å². The van der Waals surface area contributed by atoms with Gasteiger partial charge in [0.05, 0.1) is 11.6 Å². The zero-order valence-corrected chi connectivity index (χ0v) is 11.6. The molecule has 1 aromatic rings. The minimum Gasteiger partial charge on any atom is -0.394 e. The number of ether oxygens (including phenoxy) is 1. The summed E-state index contributed by atoms with van der Waals surface area (Å²) in [5.74, 6) is 0.131. The topological polar surface area (TPSA) is 145 Å². The molecular weight excluding hydrogens is 300 g/mol. The van der Waals surface area contributed by atoms with Crippen LogP contribution in [0.2, 0.25) is 0 Å². The monoisotopic (exact) mass is 314 g/mol. The summed E-state index contributed by atoms with van der Waals surface area (Å²) in [6, 6.07) is 0. The molecule has 1 saturated heterocycles. The number of nitrogens with two attached hydrogens (primary N) is 1. The van der Waals surface area contributed by atoms with Crippen molar-refractivity contribution in [3.63, 3.8) is 0 Å². The number of rotatable bonds is 2. The molecule has 0 bridgehead atoms. The molecule has 2 aliphatic rings. The van der Waals surface area contributed by atoms with E-state index in [0.29, 0.717) is 5.03 Å². The fourth-order valence-electron chi connectivity index (χ4n) is 2.36. The molecule has 10 heteroatoms. The van der Waals surface area contributed by atoms with Crippen molar-refractivity contribution < 1.29 is 20.1 Å². The number of H-pyrrole nitrogens is 1. The number of aromatic amines is 1. The Bertz CT molecular complexity index is 650. The Morgan fingerprint density at radius 1 is 1.48 bits per heavy atom. The molecule has 2 aliphatic heterocycles. The molecular formula is C11H14N4O5S. The van der Waals surface area contributed by atoms with Crippen molar-refractivity contribution in [1.82, 2.24) is 9.97 Å². The lowest BCUT2D eigenvalue weighted by Crippen LogP contribution is -2.42. The number of hydrogen-bond donors (Lipinski definition) is 5. The van der Waals surface area contributed by atoms with E-state index in [1.807, 2.05) is 0 Å². The van der Waals surface area contributed by atoms with Gasteiger partial charge >= 0.3 is 0 Å². The molecule has 3 rings (SSSR count). The molecule has 9 nitrogen and oxygen atoms in total. The van der Waals surface area contributed by atoms with Gasteiger partial charge in [-0.3, -0.25) is 14.7 Å². The molecule has 4 atom stereocenters. The van der Waals surface area contributed by atoms with Crippen LogP contribution in [0.1, 0.15) is 0 Å². The van der Waals surface area contributed by atoms with Crippen molar-refractivity contribution in [2.75, 3.05) is 17.2 Å². The van der Waals surface area contributed by atoms with E-state index >= 15 is 0 Å². The first-order chi connectivity index (χ1) is 9.93. The lowest BCUT2D eigenvalue weighted by molar-refractivity contribution is -0.0205. The maximum Gasteiger partial charge on any atom is 0.268 e. The molecule has 0 spiro atoms. The van der Waals surface area contributed by atoms with Gasteiger partial charge in [-0.2, -0.15) is 4.98 Å². The van der Waals surface area contributed by atoms with E-state index in [1.54, 1.807) is 0 Å². The Balaban J connectivity index is 2.02. The van der Waals surface area contributed by atoms with Crippen molar-refractivity contribution in [3.8, 4) is 0 Å². The summed E-state index contributed by atoms with van der Waals surface area (Å²) < 4.78 is 5.43. The molecule has 1 fully saturated rings. The molecule has 0 radical (unpaired) electrons. The van der Waals surface area contributed by atoms with E-state index in [-0.39, 0.29) is 16.7 Å². The summed E-state index contributed by atoms with van der Waals surface area (Å²) in [4.78, 5) is 19.9. The molecule has 6 N–H and O–H groups in total. The molecule has 21 heavy (non-hydrogen) atoms. The second-order valence-corrected chi connectivity index (χ2v) is 5.78. The first-order valence-electron chi connectivity index (χ1n) is 6.12. The largest absolute Gasteiger partial charge is 0.394 e. The summed E-state index contributed by atoms with van der Waals surface area (Å²) >= 11 is 1.07. The Labute approximate surface area is 123 Å². The van der Waals surface area contributed by atoms with E-state index in [2.05, 4.69) is 16.5 Å². The van der Waals surface area contributed by atoms with Gasteiger partial charge in [0, 0.05) is 0 Å². The van der Waals surface area contributed by atoms with Crippen molar-refractivity contribution in [2.24, 2.45) is 0 Å². The summed E-state index contributed by atoms with van der Waals surface area (Å²) in [5, 5.41) is 29.4. The van der Waals surface area contributed by atoms with Crippen LogP contribution in [0.4, 0.5) is 11.8 Å². The van der Waals surface area contributed by atoms with Crippen LogP contribution in [0.15, 0.2) is 21.3 Å². The summed E-state index contributed by atoms with van der Waals surface area (Å²) in [6.07, 6.45) is -4.47. The molecule has 114 valence electrons. The SMILES string of the molecule is C=C1Sc2c(nc(N)[nH]c2=O)N1[C@@H]1O[C@H](CO)[C@H](O)[C@H]1O. The second kappa shape index (κ2) is 5.00. The number of aliphatic hydroxyl groups is 3. The first kappa shape index (κ1) is 14.4. The molecule has 0 aliphatic carbocycles. The van der Waals surface area contributed by atoms with Crippen LogP contribution in [0.3, 0.4) is 0 Å². The third-order valence-electron chi connectivity index (χ3n) is 3.37. The minimum atomic E-state index is -1.28. The van der Waals surface area contributed by atoms with Crippen molar-refractivity contribution in [3.05, 3.63) is 22.0 Å². The van der Waals surface area contributed by atoms with Crippen LogP contribution in [0, 0.1) is 0 Å². The van der Waals surface area contributed by atoms with Crippen molar-refractivity contribution in [1.29, 1.82) is 0 Å². The van der Waals surface area contributed by atoms with Crippen LogP contribution < -0.4 is 16.2 Å². The van der Waals surface area contributed by atoms with Crippen LogP contribution in [-0.2, 0) is 4.74 Å². The van der Waals surface area contributed by atoms with Crippen LogP contribution in [0.5, 0.6) is 0 Å². The maximum absolute atomic E-state index is 11.8. The lowest BCUT2D eigenvalue weighted by Gasteiger charge is -2.27. The molecule has 0 saturated carbocycles. The standard InChI is InChI=1S/C11H14N4O5S/c1-3-15(10-6(18)5(17)4(2-16)20-10)8-7(21-3)9(19)14-11(12)13-8/h4-6,10,16-18H,1-2H2,(H3,12,13,14,19)/t4-,5+,6-,10-/m1/s1. The summed E-state index contributed by atoms with van der Waals surface area (Å²) in [7, 11) is 0. The predicted octanol–water partition coefficient (Wildman–Crippen LogP) is -1.83. The Morgan fingerprint density at radius 3 is 2.81 bits per heavy atom. The zero-order valence-electron chi connectivity index (χ0n) is 10.8. The maximum atomic E-state index is 11.8. The number of aliphatic hydroxyl groups excluding tert-OH is 3. The number of nitrogens with one attached hydrogen (secondary N) is 1. The molecule has 0 aromatic carbocycles. The van der Waals surface area contributed by atoms with Gasteiger partial charge in [0.25, 0.3) is 5.56 Å². The smallest absolute Gasteiger partial charge is 0.268 e. The number of anilines is 2. The van der Waals surface area contributed by atoms with Crippen molar-refractivity contribution >= 4 is 23.5 Å². The second-order valence-electron chi connectivity index (χ2n) is 4.70. The predicted molar refractivity (Wildman–Crippen MR) is 74.5 cm³/mol. The average Bonchev–Trinajstić information content (AvgIpc) is 2.89. The Morgan fingerprint density at radius 2 is 2.19 bits per heavy atom. The van der Waals surface area contributed by atoms with Gasteiger partial charge in [0.15, 0.2) is 12.0 Å². The van der Waals surface area contributed by atoms with Gasteiger partial charge in [-0.25, -0.2) is 0 Å². The number of fused-ring (bicyclic) bond motifs is 1. The number of thioether (sulfide) groups is 1. The minimum absolute atomic E-state index is 0.0780. The highest BCUT2D eigenvalue weighted by Gasteiger charge is 2.48. The molecule has 1 aromatic heterocycles. The van der Waals surface area contributed by atoms with Crippen LogP contribution >= 0.6 is 11.8 Å². The molecule has 3 heterocycles. The highest BCUT2D eigenvalue weighted by atomic mass is 32.2. The number of aromatic nitrogens is 2. The van der Waals surface area contributed by atoms with Gasteiger partial charge in [0.1, 0.15) is 23.2 Å². The molecule has 0 amide bonds. The van der Waals surface area contributed by atoms with Gasteiger partial charge in [0.2, 0.25) is 5.95 Å². The quantitative estimate of drug-likeness (QED) is 0.425. The number of hydrogen-bond acceptors (Lipinski definition) is 9. The highest BCUT2D eigenvalue weighted by Crippen LogP contribution is 2.45. The van der Waals surface area contributed by atoms with Gasteiger partial charge in [-0.05, 0) is 0 Å².